The molecule has 0 saturated carbocycles. The Kier molecular flexibility index (Phi) is 5.48. The maximum atomic E-state index is 13.5. The molecule has 0 fully saturated rings. The Morgan fingerprint density at radius 3 is 2.81 bits per heavy atom. The minimum absolute atomic E-state index is 0.00107. The fraction of sp³-hybridized carbons (Fsp3) is 0.316. The SMILES string of the molecule is NC[C@H](c1ccc(F)cc1C(F)(F)F)n1cnc2c1CCN(c1cn[nH]c(=O)c1Cl)C2. The van der Waals surface area contributed by atoms with Crippen LogP contribution in [0, 0.1) is 5.82 Å². The first kappa shape index (κ1) is 21.3. The molecule has 1 atom stereocenters. The average molecular weight is 457 g/mol. The van der Waals surface area contributed by atoms with Crippen LogP contribution in [0.25, 0.3) is 0 Å². The minimum atomic E-state index is -4.73. The molecule has 3 heterocycles. The number of halogens is 5. The number of anilines is 1. The van der Waals surface area contributed by atoms with Crippen molar-refractivity contribution in [3.8, 4) is 0 Å². The van der Waals surface area contributed by atoms with E-state index in [-0.39, 0.29) is 17.1 Å². The molecule has 0 aliphatic carbocycles. The Bertz CT molecular complexity index is 1170. The fourth-order valence-electron chi connectivity index (χ4n) is 3.86. The first-order valence-electron chi connectivity index (χ1n) is 9.30. The van der Waals surface area contributed by atoms with E-state index in [1.54, 1.807) is 4.57 Å². The highest BCUT2D eigenvalue weighted by Crippen LogP contribution is 2.37. The number of alkyl halides is 3. The van der Waals surface area contributed by atoms with E-state index in [1.165, 1.54) is 12.5 Å². The topological polar surface area (TPSA) is 92.8 Å². The van der Waals surface area contributed by atoms with Crippen molar-refractivity contribution in [2.24, 2.45) is 5.73 Å². The third-order valence-corrected chi connectivity index (χ3v) is 5.66. The summed E-state index contributed by atoms with van der Waals surface area (Å²) in [6.07, 6.45) is -1.43. The molecule has 0 saturated heterocycles. The molecular formula is C19H17ClF4N6O. The Morgan fingerprint density at radius 1 is 1.32 bits per heavy atom. The molecule has 0 bridgehead atoms. The normalized spacial score (nSPS) is 15.1. The summed E-state index contributed by atoms with van der Waals surface area (Å²) in [6.45, 7) is 0.599. The molecule has 7 nitrogen and oxygen atoms in total. The Morgan fingerprint density at radius 2 is 2.10 bits per heavy atom. The van der Waals surface area contributed by atoms with E-state index >= 15 is 0 Å². The van der Waals surface area contributed by atoms with Crippen LogP contribution in [-0.2, 0) is 19.1 Å². The molecule has 12 heteroatoms. The molecule has 0 amide bonds. The fourth-order valence-corrected chi connectivity index (χ4v) is 4.07. The van der Waals surface area contributed by atoms with E-state index in [0.717, 1.165) is 17.8 Å². The summed E-state index contributed by atoms with van der Waals surface area (Å²) in [4.78, 5) is 17.9. The van der Waals surface area contributed by atoms with Crippen molar-refractivity contribution in [1.82, 2.24) is 19.7 Å². The maximum Gasteiger partial charge on any atom is 0.416 e. The van der Waals surface area contributed by atoms with Gasteiger partial charge in [-0.05, 0) is 17.7 Å². The van der Waals surface area contributed by atoms with Gasteiger partial charge in [0, 0.05) is 25.2 Å². The Hall–Kier alpha value is -2.92. The van der Waals surface area contributed by atoms with Gasteiger partial charge in [0.05, 0.1) is 42.1 Å². The molecule has 0 radical (unpaired) electrons. The number of nitrogens with two attached hydrogens (primary N) is 1. The van der Waals surface area contributed by atoms with E-state index in [1.807, 2.05) is 4.90 Å². The van der Waals surface area contributed by atoms with Gasteiger partial charge in [-0.1, -0.05) is 17.7 Å². The highest BCUT2D eigenvalue weighted by Gasteiger charge is 2.37. The van der Waals surface area contributed by atoms with Gasteiger partial charge in [-0.25, -0.2) is 14.5 Å². The number of H-pyrrole nitrogens is 1. The second-order valence-electron chi connectivity index (χ2n) is 7.10. The van der Waals surface area contributed by atoms with Gasteiger partial charge in [-0.3, -0.25) is 4.79 Å². The number of benzene rings is 1. The Balaban J connectivity index is 1.70. The summed E-state index contributed by atoms with van der Waals surface area (Å²) in [6, 6.07) is 1.70. The summed E-state index contributed by atoms with van der Waals surface area (Å²) < 4.78 is 55.7. The number of aromatic amines is 1. The van der Waals surface area contributed by atoms with Gasteiger partial charge < -0.3 is 15.2 Å². The molecule has 3 aromatic rings. The standard InChI is InChI=1S/C19H17ClF4N6O/c20-17-16(7-27-28-18(17)31)29-4-3-14-13(8-29)26-9-30(14)15(6-25)11-2-1-10(21)5-12(11)19(22,23)24/h1-2,5,7,9,15H,3-4,6,8,25H2,(H,28,31)/t15-/m1/s1. The first-order valence-corrected chi connectivity index (χ1v) is 9.68. The quantitative estimate of drug-likeness (QED) is 0.589. The molecular weight excluding hydrogens is 440 g/mol. The van der Waals surface area contributed by atoms with Gasteiger partial charge in [0.1, 0.15) is 10.8 Å². The third kappa shape index (κ3) is 3.90. The second kappa shape index (κ2) is 7.97. The number of nitrogens with zero attached hydrogens (tertiary/aromatic N) is 4. The van der Waals surface area contributed by atoms with Crippen LogP contribution in [0.5, 0.6) is 0 Å². The molecule has 3 N–H and O–H groups in total. The highest BCUT2D eigenvalue weighted by atomic mass is 35.5. The lowest BCUT2D eigenvalue weighted by Crippen LogP contribution is -2.34. The summed E-state index contributed by atoms with van der Waals surface area (Å²) in [5, 5.41) is 6.01. The van der Waals surface area contributed by atoms with Crippen LogP contribution >= 0.6 is 11.6 Å². The number of fused-ring (bicyclic) bond motifs is 1. The molecule has 0 unspecified atom stereocenters. The maximum absolute atomic E-state index is 13.5. The molecule has 0 spiro atoms. The number of hydrogen-bond donors (Lipinski definition) is 2. The molecule has 31 heavy (non-hydrogen) atoms. The van der Waals surface area contributed by atoms with Crippen molar-refractivity contribution < 1.29 is 17.6 Å². The number of nitrogens with one attached hydrogen (secondary N) is 1. The van der Waals surface area contributed by atoms with E-state index in [0.29, 0.717) is 37.0 Å². The third-order valence-electron chi connectivity index (χ3n) is 5.30. The van der Waals surface area contributed by atoms with Gasteiger partial charge in [0.15, 0.2) is 0 Å². The minimum Gasteiger partial charge on any atom is -0.362 e. The van der Waals surface area contributed by atoms with Crippen molar-refractivity contribution in [3.05, 3.63) is 74.4 Å². The molecule has 164 valence electrons. The van der Waals surface area contributed by atoms with E-state index in [4.69, 9.17) is 17.3 Å². The highest BCUT2D eigenvalue weighted by molar-refractivity contribution is 6.32. The van der Waals surface area contributed by atoms with E-state index in [2.05, 4.69) is 15.2 Å². The molecule has 1 aliphatic rings. The predicted octanol–water partition coefficient (Wildman–Crippen LogP) is 2.89. The van der Waals surface area contributed by atoms with Crippen molar-refractivity contribution in [1.29, 1.82) is 0 Å². The van der Waals surface area contributed by atoms with Crippen LogP contribution in [0.15, 0.2) is 35.5 Å². The van der Waals surface area contributed by atoms with Crippen LogP contribution in [0.1, 0.15) is 28.6 Å². The zero-order valence-corrected chi connectivity index (χ0v) is 16.7. The summed E-state index contributed by atoms with van der Waals surface area (Å²) in [7, 11) is 0. The molecule has 2 aromatic heterocycles. The van der Waals surface area contributed by atoms with E-state index in [9.17, 15) is 22.4 Å². The zero-order chi connectivity index (χ0) is 22.3. The number of imidazole rings is 1. The number of rotatable bonds is 4. The van der Waals surface area contributed by atoms with Gasteiger partial charge in [-0.2, -0.15) is 18.3 Å². The van der Waals surface area contributed by atoms with Crippen molar-refractivity contribution in [2.45, 2.75) is 25.2 Å². The lowest BCUT2D eigenvalue weighted by atomic mass is 9.98. The lowest BCUT2D eigenvalue weighted by molar-refractivity contribution is -0.138. The lowest BCUT2D eigenvalue weighted by Gasteiger charge is -2.30. The molecule has 4 rings (SSSR count). The zero-order valence-electron chi connectivity index (χ0n) is 16.0. The average Bonchev–Trinajstić information content (AvgIpc) is 3.14. The van der Waals surface area contributed by atoms with E-state index < -0.39 is 29.2 Å². The molecule has 1 aliphatic heterocycles. The smallest absolute Gasteiger partial charge is 0.362 e. The van der Waals surface area contributed by atoms with Crippen LogP contribution in [0.4, 0.5) is 23.2 Å². The van der Waals surface area contributed by atoms with Crippen LogP contribution in [-0.4, -0.2) is 32.8 Å². The first-order chi connectivity index (χ1) is 14.7. The van der Waals surface area contributed by atoms with Crippen LogP contribution in [0.2, 0.25) is 5.02 Å². The predicted molar refractivity (Wildman–Crippen MR) is 105 cm³/mol. The number of aromatic nitrogens is 4. The van der Waals surface area contributed by atoms with Gasteiger partial charge in [0.25, 0.3) is 5.56 Å². The number of hydrogen-bond acceptors (Lipinski definition) is 5. The molecule has 1 aromatic carbocycles. The van der Waals surface area contributed by atoms with Gasteiger partial charge >= 0.3 is 6.18 Å². The second-order valence-corrected chi connectivity index (χ2v) is 7.47. The van der Waals surface area contributed by atoms with Gasteiger partial charge in [-0.15, -0.1) is 0 Å². The van der Waals surface area contributed by atoms with Crippen LogP contribution in [0.3, 0.4) is 0 Å². The van der Waals surface area contributed by atoms with Crippen molar-refractivity contribution >= 4 is 17.3 Å². The van der Waals surface area contributed by atoms with Gasteiger partial charge in [0.2, 0.25) is 0 Å². The Labute approximate surface area is 178 Å². The monoisotopic (exact) mass is 456 g/mol. The van der Waals surface area contributed by atoms with Crippen molar-refractivity contribution in [2.75, 3.05) is 18.0 Å². The van der Waals surface area contributed by atoms with Crippen molar-refractivity contribution in [3.63, 3.8) is 0 Å². The van der Waals surface area contributed by atoms with Crippen LogP contribution < -0.4 is 16.2 Å². The largest absolute Gasteiger partial charge is 0.416 e. The summed E-state index contributed by atoms with van der Waals surface area (Å²) in [5.41, 5.74) is 5.93. The summed E-state index contributed by atoms with van der Waals surface area (Å²) >= 11 is 6.08. The summed E-state index contributed by atoms with van der Waals surface area (Å²) in [5.74, 6) is -0.974.